The lowest BCUT2D eigenvalue weighted by molar-refractivity contribution is 0.0948. The van der Waals surface area contributed by atoms with Gasteiger partial charge in [0, 0.05) is 37.1 Å². The monoisotopic (exact) mass is 353 g/mol. The Kier molecular flexibility index (Phi) is 6.04. The van der Waals surface area contributed by atoms with Crippen molar-refractivity contribution in [3.63, 3.8) is 0 Å². The highest BCUT2D eigenvalue weighted by atomic mass is 16.1. The first-order chi connectivity index (χ1) is 12.7. The molecule has 1 aliphatic rings. The molecule has 0 aliphatic carbocycles. The van der Waals surface area contributed by atoms with Crippen LogP contribution in [0.4, 0.5) is 17.2 Å². The second-order valence-electron chi connectivity index (χ2n) is 6.66. The van der Waals surface area contributed by atoms with Gasteiger partial charge < -0.3 is 15.5 Å². The molecule has 0 radical (unpaired) electrons. The first-order valence-electron chi connectivity index (χ1n) is 9.41. The van der Waals surface area contributed by atoms with Gasteiger partial charge >= 0.3 is 0 Å². The number of aryl methyl sites for hydroxylation is 1. The van der Waals surface area contributed by atoms with Crippen LogP contribution in [0.15, 0.2) is 30.3 Å². The van der Waals surface area contributed by atoms with E-state index in [0.29, 0.717) is 23.9 Å². The van der Waals surface area contributed by atoms with Gasteiger partial charge in [-0.25, -0.2) is 9.97 Å². The minimum absolute atomic E-state index is 0.166. The predicted molar refractivity (Wildman–Crippen MR) is 105 cm³/mol. The molecule has 1 fully saturated rings. The minimum Gasteiger partial charge on any atom is -0.372 e. The average Bonchev–Trinajstić information content (AvgIpc) is 2.67. The lowest BCUT2D eigenvalue weighted by Crippen LogP contribution is -2.29. The Morgan fingerprint density at radius 1 is 1.12 bits per heavy atom. The van der Waals surface area contributed by atoms with E-state index in [2.05, 4.69) is 49.8 Å². The Labute approximate surface area is 155 Å². The summed E-state index contributed by atoms with van der Waals surface area (Å²) >= 11 is 0. The normalized spacial score (nSPS) is 14.2. The number of anilines is 3. The zero-order chi connectivity index (χ0) is 18.4. The molecule has 0 unspecified atom stereocenters. The van der Waals surface area contributed by atoms with E-state index in [1.807, 2.05) is 6.92 Å². The van der Waals surface area contributed by atoms with Crippen LogP contribution in [-0.4, -0.2) is 35.5 Å². The fourth-order valence-corrected chi connectivity index (χ4v) is 3.13. The molecule has 2 aromatic rings. The third-order valence-corrected chi connectivity index (χ3v) is 4.47. The van der Waals surface area contributed by atoms with Crippen molar-refractivity contribution in [1.29, 1.82) is 0 Å². The number of nitrogens with zero attached hydrogens (tertiary/aromatic N) is 3. The molecule has 1 amide bonds. The quantitative estimate of drug-likeness (QED) is 0.829. The van der Waals surface area contributed by atoms with E-state index in [0.717, 1.165) is 25.2 Å². The zero-order valence-corrected chi connectivity index (χ0v) is 15.6. The molecule has 0 saturated carbocycles. The first kappa shape index (κ1) is 18.2. The van der Waals surface area contributed by atoms with Crippen LogP contribution in [0.2, 0.25) is 0 Å². The van der Waals surface area contributed by atoms with Gasteiger partial charge in [-0.1, -0.05) is 6.92 Å². The van der Waals surface area contributed by atoms with E-state index in [1.165, 1.54) is 24.9 Å². The molecule has 1 aromatic carbocycles. The lowest BCUT2D eigenvalue weighted by atomic mass is 10.1. The fourth-order valence-electron chi connectivity index (χ4n) is 3.13. The number of hydrogen-bond donors (Lipinski definition) is 2. The number of benzene rings is 1. The van der Waals surface area contributed by atoms with Gasteiger partial charge in [0.15, 0.2) is 0 Å². The van der Waals surface area contributed by atoms with Gasteiger partial charge in [0.1, 0.15) is 17.3 Å². The summed E-state index contributed by atoms with van der Waals surface area (Å²) in [6.07, 6.45) is 4.76. The van der Waals surface area contributed by atoms with E-state index in [4.69, 9.17) is 0 Å². The minimum atomic E-state index is -0.166. The Bertz CT molecular complexity index is 738. The molecule has 1 aliphatic heterocycles. The highest BCUT2D eigenvalue weighted by Crippen LogP contribution is 2.23. The maximum Gasteiger partial charge on any atom is 0.270 e. The number of amides is 1. The number of piperidine rings is 1. The van der Waals surface area contributed by atoms with Crippen LogP contribution in [0.1, 0.15) is 48.9 Å². The Hall–Kier alpha value is -2.63. The molecular weight excluding hydrogens is 326 g/mol. The molecule has 0 atom stereocenters. The van der Waals surface area contributed by atoms with Crippen molar-refractivity contribution in [2.75, 3.05) is 29.9 Å². The average molecular weight is 353 g/mol. The van der Waals surface area contributed by atoms with E-state index >= 15 is 0 Å². The Balaban J connectivity index is 1.70. The van der Waals surface area contributed by atoms with Gasteiger partial charge in [0.05, 0.1) is 0 Å². The second kappa shape index (κ2) is 8.65. The van der Waals surface area contributed by atoms with E-state index in [1.54, 1.807) is 13.0 Å². The maximum absolute atomic E-state index is 12.1. The SMILES string of the molecule is CCCNC(=O)c1cc(Nc2ccc(N3CCCCC3)cc2)nc(C)n1. The predicted octanol–water partition coefficient (Wildman–Crippen LogP) is 3.66. The summed E-state index contributed by atoms with van der Waals surface area (Å²) in [5.74, 6) is 1.03. The van der Waals surface area contributed by atoms with Gasteiger partial charge in [0.2, 0.25) is 0 Å². The zero-order valence-electron chi connectivity index (χ0n) is 15.6. The molecule has 2 N–H and O–H groups in total. The van der Waals surface area contributed by atoms with E-state index in [-0.39, 0.29) is 5.91 Å². The van der Waals surface area contributed by atoms with Crippen LogP contribution < -0.4 is 15.5 Å². The summed E-state index contributed by atoms with van der Waals surface area (Å²) in [6, 6.07) is 10.1. The molecule has 1 aromatic heterocycles. The molecule has 138 valence electrons. The fraction of sp³-hybridized carbons (Fsp3) is 0.450. The molecule has 2 heterocycles. The highest BCUT2D eigenvalue weighted by molar-refractivity contribution is 5.93. The third-order valence-electron chi connectivity index (χ3n) is 4.47. The van der Waals surface area contributed by atoms with E-state index in [9.17, 15) is 4.79 Å². The number of carbonyl (C=O) groups is 1. The Morgan fingerprint density at radius 3 is 2.54 bits per heavy atom. The topological polar surface area (TPSA) is 70.2 Å². The van der Waals surface area contributed by atoms with Gasteiger partial charge in [-0.2, -0.15) is 0 Å². The van der Waals surface area contributed by atoms with Crippen LogP contribution in [-0.2, 0) is 0 Å². The third kappa shape index (κ3) is 4.71. The van der Waals surface area contributed by atoms with Crippen molar-refractivity contribution >= 4 is 23.1 Å². The van der Waals surface area contributed by atoms with Crippen molar-refractivity contribution in [1.82, 2.24) is 15.3 Å². The summed E-state index contributed by atoms with van der Waals surface area (Å²) in [7, 11) is 0. The first-order valence-corrected chi connectivity index (χ1v) is 9.41. The van der Waals surface area contributed by atoms with Crippen LogP contribution >= 0.6 is 0 Å². The number of aromatic nitrogens is 2. The summed E-state index contributed by atoms with van der Waals surface area (Å²) in [4.78, 5) is 23.2. The summed E-state index contributed by atoms with van der Waals surface area (Å²) < 4.78 is 0. The summed E-state index contributed by atoms with van der Waals surface area (Å²) in [5, 5.41) is 6.12. The van der Waals surface area contributed by atoms with Crippen molar-refractivity contribution in [3.05, 3.63) is 41.9 Å². The van der Waals surface area contributed by atoms with Crippen molar-refractivity contribution in [2.24, 2.45) is 0 Å². The smallest absolute Gasteiger partial charge is 0.270 e. The molecule has 3 rings (SSSR count). The number of nitrogens with one attached hydrogen (secondary N) is 2. The summed E-state index contributed by atoms with van der Waals surface area (Å²) in [6.45, 7) is 6.72. The lowest BCUT2D eigenvalue weighted by Gasteiger charge is -2.28. The van der Waals surface area contributed by atoms with Gasteiger partial charge in [0.25, 0.3) is 5.91 Å². The van der Waals surface area contributed by atoms with Crippen molar-refractivity contribution < 1.29 is 4.79 Å². The van der Waals surface area contributed by atoms with Crippen LogP contribution in [0.5, 0.6) is 0 Å². The molecular formula is C20H27N5O. The molecule has 1 saturated heterocycles. The van der Waals surface area contributed by atoms with Crippen LogP contribution in [0.3, 0.4) is 0 Å². The molecule has 0 spiro atoms. The molecule has 0 bridgehead atoms. The second-order valence-corrected chi connectivity index (χ2v) is 6.66. The van der Waals surface area contributed by atoms with Crippen molar-refractivity contribution in [3.8, 4) is 0 Å². The standard InChI is InChI=1S/C20H27N5O/c1-3-11-21-20(26)18-14-19(23-15(2)22-18)24-16-7-9-17(10-8-16)25-12-5-4-6-13-25/h7-10,14H,3-6,11-13H2,1-2H3,(H,21,26)(H,22,23,24). The molecule has 6 nitrogen and oxygen atoms in total. The van der Waals surface area contributed by atoms with Gasteiger partial charge in [-0.15, -0.1) is 0 Å². The number of hydrogen-bond acceptors (Lipinski definition) is 5. The van der Waals surface area contributed by atoms with Crippen LogP contribution in [0.25, 0.3) is 0 Å². The highest BCUT2D eigenvalue weighted by Gasteiger charge is 2.12. The van der Waals surface area contributed by atoms with Crippen LogP contribution in [0, 0.1) is 6.92 Å². The van der Waals surface area contributed by atoms with Gasteiger partial charge in [-0.05, 0) is 56.9 Å². The number of rotatable bonds is 6. The maximum atomic E-state index is 12.1. The number of carbonyl (C=O) groups excluding carboxylic acids is 1. The molecule has 26 heavy (non-hydrogen) atoms. The molecule has 6 heteroatoms. The van der Waals surface area contributed by atoms with Crippen molar-refractivity contribution in [2.45, 2.75) is 39.5 Å². The summed E-state index contributed by atoms with van der Waals surface area (Å²) in [5.41, 5.74) is 2.59. The van der Waals surface area contributed by atoms with E-state index < -0.39 is 0 Å². The van der Waals surface area contributed by atoms with Gasteiger partial charge in [-0.3, -0.25) is 4.79 Å². The largest absolute Gasteiger partial charge is 0.372 e. The Morgan fingerprint density at radius 2 is 1.85 bits per heavy atom.